The highest BCUT2D eigenvalue weighted by Crippen LogP contribution is 2.25. The molecule has 11 heteroatoms. The maximum atomic E-state index is 12.2. The van der Waals surface area contributed by atoms with Gasteiger partial charge in [0.25, 0.3) is 5.69 Å². The summed E-state index contributed by atoms with van der Waals surface area (Å²) < 4.78 is 7.61. The molecule has 1 aromatic heterocycles. The maximum Gasteiger partial charge on any atom is 0.271 e. The highest BCUT2D eigenvalue weighted by atomic mass is 35.5. The molecule has 0 radical (unpaired) electrons. The fourth-order valence-electron chi connectivity index (χ4n) is 2.63. The van der Waals surface area contributed by atoms with Gasteiger partial charge in [0.2, 0.25) is 5.91 Å². The normalized spacial score (nSPS) is 11.7. The molecule has 3 aromatic rings. The van der Waals surface area contributed by atoms with E-state index in [1.807, 2.05) is 6.92 Å². The molecule has 0 aliphatic heterocycles. The highest BCUT2D eigenvalue weighted by molar-refractivity contribution is 7.99. The van der Waals surface area contributed by atoms with Crippen molar-refractivity contribution in [2.45, 2.75) is 18.2 Å². The van der Waals surface area contributed by atoms with E-state index in [0.717, 1.165) is 0 Å². The summed E-state index contributed by atoms with van der Waals surface area (Å²) in [6.45, 7) is 1.84. The fourth-order valence-corrected chi connectivity index (χ4v) is 3.53. The molecule has 0 spiro atoms. The van der Waals surface area contributed by atoms with Gasteiger partial charge in [0.05, 0.1) is 10.7 Å². The lowest BCUT2D eigenvalue weighted by Gasteiger charge is -2.14. The molecule has 0 saturated heterocycles. The molecule has 30 heavy (non-hydrogen) atoms. The van der Waals surface area contributed by atoms with Gasteiger partial charge < -0.3 is 14.6 Å². The van der Waals surface area contributed by atoms with Crippen LogP contribution in [-0.4, -0.2) is 31.3 Å². The number of nitro benzene ring substituents is 1. The SMILES string of the molecule is CC(Oc1cccc(Cl)c1)c1nnc(SCC(=O)Nc2cccc([N+](=O)[O-])c2)n1C. The summed E-state index contributed by atoms with van der Waals surface area (Å²) in [5, 5.41) is 22.8. The molecule has 1 N–H and O–H groups in total. The predicted octanol–water partition coefficient (Wildman–Crippen LogP) is 4.25. The van der Waals surface area contributed by atoms with E-state index in [1.165, 1.54) is 30.0 Å². The molecule has 0 aliphatic rings. The number of rotatable bonds is 8. The van der Waals surface area contributed by atoms with Gasteiger partial charge in [-0.15, -0.1) is 10.2 Å². The predicted molar refractivity (Wildman–Crippen MR) is 114 cm³/mol. The van der Waals surface area contributed by atoms with Crippen molar-refractivity contribution < 1.29 is 14.5 Å². The van der Waals surface area contributed by atoms with Gasteiger partial charge in [-0.3, -0.25) is 14.9 Å². The molecule has 2 aromatic carbocycles. The summed E-state index contributed by atoms with van der Waals surface area (Å²) in [6, 6.07) is 12.8. The van der Waals surface area contributed by atoms with E-state index in [4.69, 9.17) is 16.3 Å². The van der Waals surface area contributed by atoms with Crippen molar-refractivity contribution in [3.8, 4) is 5.75 Å². The summed E-state index contributed by atoms with van der Waals surface area (Å²) in [5.41, 5.74) is 0.268. The topological polar surface area (TPSA) is 112 Å². The average Bonchev–Trinajstić information content (AvgIpc) is 3.07. The highest BCUT2D eigenvalue weighted by Gasteiger charge is 2.18. The van der Waals surface area contributed by atoms with E-state index in [0.29, 0.717) is 27.4 Å². The molecule has 156 valence electrons. The lowest BCUT2D eigenvalue weighted by molar-refractivity contribution is -0.384. The van der Waals surface area contributed by atoms with Crippen LogP contribution in [0.25, 0.3) is 0 Å². The minimum Gasteiger partial charge on any atom is -0.483 e. The van der Waals surface area contributed by atoms with Crippen molar-refractivity contribution in [3.05, 3.63) is 69.5 Å². The fraction of sp³-hybridized carbons (Fsp3) is 0.211. The van der Waals surface area contributed by atoms with Crippen LogP contribution in [0, 0.1) is 10.1 Å². The number of aromatic nitrogens is 3. The Morgan fingerprint density at radius 2 is 2.07 bits per heavy atom. The molecular formula is C19H18ClN5O4S. The van der Waals surface area contributed by atoms with Crippen molar-refractivity contribution in [2.75, 3.05) is 11.1 Å². The zero-order chi connectivity index (χ0) is 21.7. The van der Waals surface area contributed by atoms with Crippen LogP contribution in [-0.2, 0) is 11.8 Å². The van der Waals surface area contributed by atoms with Crippen LogP contribution in [0.4, 0.5) is 11.4 Å². The third-order valence-electron chi connectivity index (χ3n) is 4.01. The number of nitro groups is 1. The zero-order valence-electron chi connectivity index (χ0n) is 16.1. The van der Waals surface area contributed by atoms with E-state index in [9.17, 15) is 14.9 Å². The molecule has 0 bridgehead atoms. The Balaban J connectivity index is 1.59. The van der Waals surface area contributed by atoms with Crippen LogP contribution in [0.1, 0.15) is 18.9 Å². The molecular weight excluding hydrogens is 430 g/mol. The van der Waals surface area contributed by atoms with E-state index in [2.05, 4.69) is 15.5 Å². The second-order valence-corrected chi connectivity index (χ2v) is 7.64. The first kappa shape index (κ1) is 21.6. The quantitative estimate of drug-likeness (QED) is 0.312. The Hall–Kier alpha value is -3.11. The van der Waals surface area contributed by atoms with Crippen molar-refractivity contribution in [1.29, 1.82) is 0 Å². The summed E-state index contributed by atoms with van der Waals surface area (Å²) in [4.78, 5) is 22.5. The first-order chi connectivity index (χ1) is 14.3. The maximum absolute atomic E-state index is 12.2. The second kappa shape index (κ2) is 9.59. The molecule has 3 rings (SSSR count). The largest absolute Gasteiger partial charge is 0.483 e. The van der Waals surface area contributed by atoms with Crippen molar-refractivity contribution in [2.24, 2.45) is 7.05 Å². The number of nitrogens with zero attached hydrogens (tertiary/aromatic N) is 4. The standard InChI is InChI=1S/C19H18ClN5O4S/c1-12(29-16-8-3-5-13(20)9-16)18-22-23-19(24(18)2)30-11-17(26)21-14-6-4-7-15(10-14)25(27)28/h3-10,12H,11H2,1-2H3,(H,21,26). The Labute approximate surface area is 181 Å². The first-order valence-electron chi connectivity index (χ1n) is 8.82. The number of non-ortho nitro benzene ring substituents is 1. The van der Waals surface area contributed by atoms with Gasteiger partial charge in [-0.2, -0.15) is 0 Å². The van der Waals surface area contributed by atoms with Gasteiger partial charge in [0.1, 0.15) is 5.75 Å². The first-order valence-corrected chi connectivity index (χ1v) is 10.2. The molecule has 9 nitrogen and oxygen atoms in total. The summed E-state index contributed by atoms with van der Waals surface area (Å²) in [6.07, 6.45) is -0.381. The Morgan fingerprint density at radius 1 is 1.30 bits per heavy atom. The molecule has 1 unspecified atom stereocenters. The third-order valence-corrected chi connectivity index (χ3v) is 5.27. The van der Waals surface area contributed by atoms with Crippen LogP contribution in [0.15, 0.2) is 53.7 Å². The number of carbonyl (C=O) groups is 1. The Morgan fingerprint density at radius 3 is 2.80 bits per heavy atom. The van der Waals surface area contributed by atoms with E-state index in [1.54, 1.807) is 41.9 Å². The van der Waals surface area contributed by atoms with Crippen LogP contribution < -0.4 is 10.1 Å². The zero-order valence-corrected chi connectivity index (χ0v) is 17.7. The van der Waals surface area contributed by atoms with Crippen LogP contribution >= 0.6 is 23.4 Å². The number of halogens is 1. The van der Waals surface area contributed by atoms with Crippen LogP contribution in [0.3, 0.4) is 0 Å². The Bertz CT molecular complexity index is 1070. The van der Waals surface area contributed by atoms with Crippen molar-refractivity contribution in [3.63, 3.8) is 0 Å². The number of thioether (sulfide) groups is 1. The number of anilines is 1. The molecule has 1 amide bonds. The van der Waals surface area contributed by atoms with E-state index in [-0.39, 0.29) is 23.5 Å². The number of hydrogen-bond donors (Lipinski definition) is 1. The average molecular weight is 448 g/mol. The number of carbonyl (C=O) groups excluding carboxylic acids is 1. The molecule has 0 fully saturated rings. The molecule has 0 aliphatic carbocycles. The van der Waals surface area contributed by atoms with Crippen LogP contribution in [0.5, 0.6) is 5.75 Å². The Kier molecular flexibility index (Phi) is 6.91. The number of nitrogens with one attached hydrogen (secondary N) is 1. The monoisotopic (exact) mass is 447 g/mol. The van der Waals surface area contributed by atoms with Gasteiger partial charge in [0, 0.05) is 29.9 Å². The smallest absolute Gasteiger partial charge is 0.271 e. The lowest BCUT2D eigenvalue weighted by Crippen LogP contribution is -2.15. The number of hydrogen-bond acceptors (Lipinski definition) is 7. The van der Waals surface area contributed by atoms with E-state index >= 15 is 0 Å². The van der Waals surface area contributed by atoms with Gasteiger partial charge in [-0.25, -0.2) is 0 Å². The van der Waals surface area contributed by atoms with Gasteiger partial charge in [0.15, 0.2) is 17.1 Å². The van der Waals surface area contributed by atoms with Crippen molar-refractivity contribution in [1.82, 2.24) is 14.8 Å². The second-order valence-electron chi connectivity index (χ2n) is 6.26. The molecule has 1 heterocycles. The number of ether oxygens (including phenoxy) is 1. The number of amides is 1. The molecule has 1 atom stereocenters. The summed E-state index contributed by atoms with van der Waals surface area (Å²) in [7, 11) is 1.79. The number of benzene rings is 2. The van der Waals surface area contributed by atoms with E-state index < -0.39 is 4.92 Å². The summed E-state index contributed by atoms with van der Waals surface area (Å²) in [5.74, 6) is 0.964. The van der Waals surface area contributed by atoms with Gasteiger partial charge >= 0.3 is 0 Å². The van der Waals surface area contributed by atoms with Crippen molar-refractivity contribution >= 4 is 40.6 Å². The van der Waals surface area contributed by atoms with Gasteiger partial charge in [-0.1, -0.05) is 35.5 Å². The third kappa shape index (κ3) is 5.49. The minimum absolute atomic E-state index is 0.0677. The van der Waals surface area contributed by atoms with Gasteiger partial charge in [-0.05, 0) is 31.2 Å². The van der Waals surface area contributed by atoms with Crippen LogP contribution in [0.2, 0.25) is 5.02 Å². The lowest BCUT2D eigenvalue weighted by atomic mass is 10.3. The molecule has 0 saturated carbocycles. The minimum atomic E-state index is -0.516. The summed E-state index contributed by atoms with van der Waals surface area (Å²) >= 11 is 7.17.